The number of aliphatic hydroxyl groups excluding tert-OH is 1. The van der Waals surface area contributed by atoms with Crippen molar-refractivity contribution in [3.05, 3.63) is 70.8 Å². The highest BCUT2D eigenvalue weighted by molar-refractivity contribution is 5.66. The zero-order valence-electron chi connectivity index (χ0n) is 14.7. The van der Waals surface area contributed by atoms with Crippen LogP contribution < -0.4 is 4.74 Å². The van der Waals surface area contributed by atoms with Crippen LogP contribution >= 0.6 is 0 Å². The summed E-state index contributed by atoms with van der Waals surface area (Å²) in [4.78, 5) is 13.3. The monoisotopic (exact) mass is 358 g/mol. The molecule has 1 aromatic carbocycles. The fourth-order valence-electron chi connectivity index (χ4n) is 3.32. The molecule has 0 radical (unpaired) electrons. The van der Waals surface area contributed by atoms with E-state index in [2.05, 4.69) is 21.0 Å². The molecule has 0 aliphatic heterocycles. The Hall–Kier alpha value is -3.30. The number of aliphatic hydroxyl groups is 1. The third-order valence-electron chi connectivity index (χ3n) is 4.59. The summed E-state index contributed by atoms with van der Waals surface area (Å²) in [6.45, 7) is 0.190. The molecule has 3 aromatic rings. The van der Waals surface area contributed by atoms with Gasteiger partial charge in [0, 0.05) is 17.3 Å². The Balaban J connectivity index is 1.65. The summed E-state index contributed by atoms with van der Waals surface area (Å²) in [5.74, 6) is 0.532. The number of pyridine rings is 1. The molecular weight excluding hydrogens is 340 g/mol. The van der Waals surface area contributed by atoms with Gasteiger partial charge in [-0.15, -0.1) is 0 Å². The maximum absolute atomic E-state index is 9.35. The van der Waals surface area contributed by atoms with Crippen molar-refractivity contribution in [2.45, 2.75) is 32.5 Å². The first-order valence-corrected chi connectivity index (χ1v) is 8.83. The minimum absolute atomic E-state index is 0.146. The largest absolute Gasteiger partial charge is 0.473 e. The minimum atomic E-state index is -0.146. The average molecular weight is 358 g/mol. The van der Waals surface area contributed by atoms with Gasteiger partial charge in [-0.1, -0.05) is 12.1 Å². The van der Waals surface area contributed by atoms with Gasteiger partial charge in [0.1, 0.15) is 6.61 Å². The Labute approximate surface area is 157 Å². The van der Waals surface area contributed by atoms with Crippen LogP contribution in [0, 0.1) is 11.3 Å². The van der Waals surface area contributed by atoms with Gasteiger partial charge >= 0.3 is 0 Å². The molecule has 2 heterocycles. The summed E-state index contributed by atoms with van der Waals surface area (Å²) in [5.41, 5.74) is 5.95. The zero-order chi connectivity index (χ0) is 18.6. The van der Waals surface area contributed by atoms with Gasteiger partial charge in [0.15, 0.2) is 0 Å². The smallest absolute Gasteiger partial charge is 0.214 e. The summed E-state index contributed by atoms with van der Waals surface area (Å²) >= 11 is 0. The van der Waals surface area contributed by atoms with Crippen molar-refractivity contribution in [1.29, 1.82) is 5.26 Å². The summed E-state index contributed by atoms with van der Waals surface area (Å²) in [6, 6.07) is 11.4. The number of nitrogens with zero attached hydrogens (tertiary/aromatic N) is 4. The van der Waals surface area contributed by atoms with Gasteiger partial charge < -0.3 is 9.84 Å². The van der Waals surface area contributed by atoms with Gasteiger partial charge in [-0.05, 0) is 42.5 Å². The predicted octanol–water partition coefficient (Wildman–Crippen LogP) is 2.97. The second kappa shape index (κ2) is 7.52. The van der Waals surface area contributed by atoms with Crippen molar-refractivity contribution < 1.29 is 9.84 Å². The summed E-state index contributed by atoms with van der Waals surface area (Å²) in [7, 11) is 0. The minimum Gasteiger partial charge on any atom is -0.473 e. The fraction of sp³-hybridized carbons (Fsp3) is 0.238. The van der Waals surface area contributed by atoms with E-state index in [9.17, 15) is 5.11 Å². The highest BCUT2D eigenvalue weighted by atomic mass is 16.5. The molecular formula is C21H18N4O2. The number of hydrogen-bond donors (Lipinski definition) is 1. The lowest BCUT2D eigenvalue weighted by Crippen LogP contribution is -2.02. The van der Waals surface area contributed by atoms with Crippen molar-refractivity contribution in [3.8, 4) is 23.2 Å². The highest BCUT2D eigenvalue weighted by Crippen LogP contribution is 2.33. The Morgan fingerprint density at radius 2 is 2.07 bits per heavy atom. The molecule has 0 spiro atoms. The topological polar surface area (TPSA) is 91.9 Å². The predicted molar refractivity (Wildman–Crippen MR) is 98.7 cm³/mol. The summed E-state index contributed by atoms with van der Waals surface area (Å²) in [6.07, 6.45) is 6.18. The Bertz CT molecular complexity index is 1030. The van der Waals surface area contributed by atoms with Crippen LogP contribution in [0.4, 0.5) is 0 Å². The van der Waals surface area contributed by atoms with Crippen LogP contribution in [-0.2, 0) is 26.1 Å². The maximum Gasteiger partial charge on any atom is 0.214 e. The van der Waals surface area contributed by atoms with Crippen LogP contribution in [0.15, 0.2) is 42.7 Å². The molecule has 0 saturated carbocycles. The van der Waals surface area contributed by atoms with E-state index in [-0.39, 0.29) is 6.61 Å². The van der Waals surface area contributed by atoms with Crippen LogP contribution in [0.2, 0.25) is 0 Å². The van der Waals surface area contributed by atoms with Crippen LogP contribution in [0.3, 0.4) is 0 Å². The van der Waals surface area contributed by atoms with E-state index in [4.69, 9.17) is 10.00 Å². The average Bonchev–Trinajstić information content (AvgIpc) is 3.20. The standard InChI is InChI=1S/C21H18N4O2/c22-9-14-3-1-4-15(7-14)13-27-21-8-18(17-5-2-6-19(17)25-21)20-11-23-10-16(12-26)24-20/h1,3-4,7-8,10-11,26H,2,5-6,12-13H2. The van der Waals surface area contributed by atoms with E-state index in [1.165, 1.54) is 5.56 Å². The number of aryl methyl sites for hydroxylation is 1. The van der Waals surface area contributed by atoms with Crippen molar-refractivity contribution in [2.75, 3.05) is 0 Å². The van der Waals surface area contributed by atoms with Crippen LogP contribution in [0.25, 0.3) is 11.3 Å². The van der Waals surface area contributed by atoms with E-state index in [1.54, 1.807) is 18.5 Å². The first-order valence-electron chi connectivity index (χ1n) is 8.83. The van der Waals surface area contributed by atoms with Gasteiger partial charge in [0.2, 0.25) is 5.88 Å². The molecule has 6 heteroatoms. The van der Waals surface area contributed by atoms with Crippen LogP contribution in [0.1, 0.15) is 34.5 Å². The first-order chi connectivity index (χ1) is 13.3. The van der Waals surface area contributed by atoms with Crippen molar-refractivity contribution in [1.82, 2.24) is 15.0 Å². The van der Waals surface area contributed by atoms with E-state index in [1.807, 2.05) is 24.3 Å². The number of aromatic nitrogens is 3. The van der Waals surface area contributed by atoms with Gasteiger partial charge in [0.05, 0.1) is 42.0 Å². The van der Waals surface area contributed by atoms with E-state index in [0.717, 1.165) is 41.8 Å². The Kier molecular flexibility index (Phi) is 4.77. The van der Waals surface area contributed by atoms with Gasteiger partial charge in [0.25, 0.3) is 0 Å². The van der Waals surface area contributed by atoms with Gasteiger partial charge in [-0.3, -0.25) is 4.98 Å². The number of nitriles is 1. The highest BCUT2D eigenvalue weighted by Gasteiger charge is 2.20. The normalized spacial score (nSPS) is 12.4. The summed E-state index contributed by atoms with van der Waals surface area (Å²) < 4.78 is 5.92. The molecule has 4 rings (SSSR count). The molecule has 0 unspecified atom stereocenters. The lowest BCUT2D eigenvalue weighted by atomic mass is 10.0. The summed E-state index contributed by atoms with van der Waals surface area (Å²) in [5, 5.41) is 18.4. The van der Waals surface area contributed by atoms with Crippen molar-refractivity contribution >= 4 is 0 Å². The molecule has 0 bridgehead atoms. The second-order valence-corrected chi connectivity index (χ2v) is 6.44. The molecule has 0 atom stereocenters. The van der Waals surface area contributed by atoms with Gasteiger partial charge in [-0.25, -0.2) is 9.97 Å². The quantitative estimate of drug-likeness (QED) is 0.754. The SMILES string of the molecule is N#Cc1cccc(COc2cc(-c3cncc(CO)n3)c3c(n2)CCC3)c1. The Morgan fingerprint density at radius 1 is 1.15 bits per heavy atom. The van der Waals surface area contributed by atoms with Crippen molar-refractivity contribution in [3.63, 3.8) is 0 Å². The maximum atomic E-state index is 9.35. The van der Waals surface area contributed by atoms with E-state index in [0.29, 0.717) is 23.7 Å². The number of fused-ring (bicyclic) bond motifs is 1. The lowest BCUT2D eigenvalue weighted by Gasteiger charge is -2.12. The number of hydrogen-bond acceptors (Lipinski definition) is 6. The number of benzene rings is 1. The van der Waals surface area contributed by atoms with Crippen molar-refractivity contribution in [2.24, 2.45) is 0 Å². The molecule has 0 amide bonds. The molecule has 134 valence electrons. The third-order valence-corrected chi connectivity index (χ3v) is 4.59. The second-order valence-electron chi connectivity index (χ2n) is 6.44. The van der Waals surface area contributed by atoms with E-state index < -0.39 is 0 Å². The lowest BCUT2D eigenvalue weighted by molar-refractivity contribution is 0.276. The Morgan fingerprint density at radius 3 is 2.93 bits per heavy atom. The first kappa shape index (κ1) is 17.1. The van der Waals surface area contributed by atoms with E-state index >= 15 is 0 Å². The molecule has 0 fully saturated rings. The molecule has 1 N–H and O–H groups in total. The van der Waals surface area contributed by atoms with Crippen LogP contribution in [0.5, 0.6) is 5.88 Å². The molecule has 0 saturated heterocycles. The number of rotatable bonds is 5. The zero-order valence-corrected chi connectivity index (χ0v) is 14.7. The fourth-order valence-corrected chi connectivity index (χ4v) is 3.32. The molecule has 6 nitrogen and oxygen atoms in total. The number of ether oxygens (including phenoxy) is 1. The molecule has 2 aromatic heterocycles. The molecule has 1 aliphatic carbocycles. The van der Waals surface area contributed by atoms with Gasteiger partial charge in [-0.2, -0.15) is 5.26 Å². The molecule has 1 aliphatic rings. The third kappa shape index (κ3) is 3.64. The van der Waals surface area contributed by atoms with Crippen LogP contribution in [-0.4, -0.2) is 20.1 Å². The molecule has 27 heavy (non-hydrogen) atoms.